The van der Waals surface area contributed by atoms with Crippen LogP contribution in [0.3, 0.4) is 0 Å². The Morgan fingerprint density at radius 3 is 1.28 bits per heavy atom. The van der Waals surface area contributed by atoms with E-state index in [4.69, 9.17) is 37.9 Å². The van der Waals surface area contributed by atoms with Crippen molar-refractivity contribution in [3.63, 3.8) is 0 Å². The molecule has 0 bridgehead atoms. The number of carbonyl (C=O) groups excluding carboxylic acids is 2. The average molecular weight is 1790 g/mol. The van der Waals surface area contributed by atoms with Crippen LogP contribution in [0.15, 0.2) is 235 Å². The van der Waals surface area contributed by atoms with E-state index < -0.39 is 43.4 Å². The zero-order chi connectivity index (χ0) is 85.9. The lowest BCUT2D eigenvalue weighted by Gasteiger charge is -2.24. The van der Waals surface area contributed by atoms with Crippen LogP contribution in [0.25, 0.3) is 100 Å². The topological polar surface area (TPSA) is 306 Å². The molecule has 24 nitrogen and oxygen atoms in total. The molecule has 10 heterocycles. The van der Waals surface area contributed by atoms with Crippen LogP contribution in [0.2, 0.25) is 0 Å². The lowest BCUT2D eigenvalue weighted by molar-refractivity contribution is 0.0252. The van der Waals surface area contributed by atoms with E-state index in [0.29, 0.717) is 128 Å². The van der Waals surface area contributed by atoms with Crippen molar-refractivity contribution in [3.05, 3.63) is 262 Å². The summed E-state index contributed by atoms with van der Waals surface area (Å²) in [6.07, 6.45) is 15.2. The first-order valence-electron chi connectivity index (χ1n) is 40.3. The second kappa shape index (κ2) is 35.3. The van der Waals surface area contributed by atoms with E-state index >= 15 is 0 Å². The van der Waals surface area contributed by atoms with E-state index in [2.05, 4.69) is 45.3 Å². The van der Waals surface area contributed by atoms with Crippen molar-refractivity contribution in [2.45, 2.75) is 126 Å². The van der Waals surface area contributed by atoms with Gasteiger partial charge in [-0.1, -0.05) is 66.7 Å². The molecule has 3 fully saturated rings. The van der Waals surface area contributed by atoms with Gasteiger partial charge in [-0.2, -0.15) is 15.8 Å². The number of pyridine rings is 3. The molecule has 3 aliphatic heterocycles. The molecule has 0 atom stereocenters. The van der Waals surface area contributed by atoms with Crippen molar-refractivity contribution < 1.29 is 64.3 Å². The fraction of sp³-hybridized carbons (Fsp3) is 0.250. The van der Waals surface area contributed by atoms with Gasteiger partial charge in [0.2, 0.25) is 0 Å². The Morgan fingerprint density at radius 1 is 0.447 bits per heavy atom. The Bertz CT molecular complexity index is 6830. The summed E-state index contributed by atoms with van der Waals surface area (Å²) in [7, 11) is -7.95. The van der Waals surface area contributed by atoms with E-state index in [1.165, 1.54) is 12.5 Å². The van der Waals surface area contributed by atoms with Gasteiger partial charge in [-0.05, 0) is 242 Å². The minimum atomic E-state index is -4.13. The highest BCUT2D eigenvalue weighted by Gasteiger charge is 2.31. The molecule has 14 aromatic rings. The van der Waals surface area contributed by atoms with E-state index in [1.54, 1.807) is 159 Å². The zero-order valence-electron chi connectivity index (χ0n) is 68.2. The quantitative estimate of drug-likeness (QED) is 0.0861. The van der Waals surface area contributed by atoms with Crippen molar-refractivity contribution in [3.8, 4) is 80.1 Å². The summed E-state index contributed by atoms with van der Waals surface area (Å²) in [6, 6.07) is 64.5. The number of allylic oxidation sites excluding steroid dienone is 1. The van der Waals surface area contributed by atoms with Crippen molar-refractivity contribution in [2.24, 2.45) is 0 Å². The van der Waals surface area contributed by atoms with E-state index in [0.717, 1.165) is 99.5 Å². The minimum absolute atomic E-state index is 0.0261. The van der Waals surface area contributed by atoms with Crippen molar-refractivity contribution in [2.75, 3.05) is 39.6 Å². The first kappa shape index (κ1) is 83.8. The van der Waals surface area contributed by atoms with Crippen LogP contribution in [-0.2, 0) is 50.2 Å². The SMILES string of the molecule is CC(C)(C)OC(=O)n1ccc2cc(-c3cc4c(-c5ccc(OC6CCOCC6)c(C#N)c5)ccnc4n3S(=O)(=O)c3ccccc3)ccc21.CC(C)(C)OC(=O)n1ccc2cc(C3=Cc4c(-c5ccc(OC6CCOCC6)c(C#N)c5)ccnc4C3)ccc21.N#Cc1cc(-c2ccnc3c2cc(I)n3S(=O)(=O)c2ccccc2)ccc1OC1CCOCC1. The van der Waals surface area contributed by atoms with Gasteiger partial charge in [0.1, 0.15) is 65.0 Å². The van der Waals surface area contributed by atoms with Crippen molar-refractivity contribution in [1.82, 2.24) is 32.0 Å². The Kier molecular flexibility index (Phi) is 24.1. The number of fused-ring (bicyclic) bond motifs is 5. The molecule has 0 N–H and O–H groups in total. The molecule has 27 heteroatoms. The molecule has 622 valence electrons. The smallest absolute Gasteiger partial charge is 0.418 e. The first-order chi connectivity index (χ1) is 59.3. The molecular formula is C96H85IN10O14S2. The number of nitriles is 3. The van der Waals surface area contributed by atoms with E-state index in [1.807, 2.05) is 128 Å². The molecular weight excluding hydrogens is 1710 g/mol. The molecule has 7 aromatic carbocycles. The molecule has 3 saturated heterocycles. The highest BCUT2D eigenvalue weighted by molar-refractivity contribution is 14.1. The fourth-order valence-electron chi connectivity index (χ4n) is 15.5. The average Bonchev–Trinajstić information content (AvgIpc) is 1.60. The Labute approximate surface area is 725 Å². The highest BCUT2D eigenvalue weighted by atomic mass is 127. The van der Waals surface area contributed by atoms with Crippen LogP contribution < -0.4 is 14.2 Å². The molecule has 0 unspecified atom stereocenters. The summed E-state index contributed by atoms with van der Waals surface area (Å²) in [5, 5.41) is 32.7. The molecule has 18 rings (SSSR count). The maximum Gasteiger partial charge on any atom is 0.418 e. The van der Waals surface area contributed by atoms with Gasteiger partial charge in [-0.25, -0.2) is 44.3 Å². The third kappa shape index (κ3) is 18.0. The minimum Gasteiger partial charge on any atom is -0.489 e. The third-order valence-corrected chi connectivity index (χ3v) is 26.0. The zero-order valence-corrected chi connectivity index (χ0v) is 72.0. The van der Waals surface area contributed by atoms with Crippen LogP contribution in [0.5, 0.6) is 17.2 Å². The third-order valence-electron chi connectivity index (χ3n) is 21.4. The second-order valence-corrected chi connectivity index (χ2v) is 36.7. The number of carbonyl (C=O) groups is 2. The number of hydrogen-bond donors (Lipinski definition) is 0. The summed E-state index contributed by atoms with van der Waals surface area (Å²) in [4.78, 5) is 39.5. The van der Waals surface area contributed by atoms with Gasteiger partial charge >= 0.3 is 12.2 Å². The lowest BCUT2D eigenvalue weighted by atomic mass is 9.98. The standard InChI is InChI=1S/C38H34N4O6S.C33H31N3O4.C25H20IN3O4S/c1-38(2,3)48-37(43)41-18-14-27-22-26(9-11-33(27)41)34-23-32-31(13-17-40-36(32)42(34)49(44,45)30-7-5-4-6-8-30)25-10-12-35(28(21-25)24-39)47-29-15-19-46-20-16-29;1-33(2,3)40-32(37)36-13-9-23-16-21(4-6-30(23)36)24-18-28-27(8-12-35-29(28)19-24)22-5-7-31(25(17-22)20-34)39-26-10-14-38-15-11-26;26-24-15-22-21(8-11-28-25(22)29(24)34(30,31)20-4-2-1-3-5-20)17-6-7-23(18(14-17)16-27)33-19-9-12-32-13-10-19/h4-14,17-18,21-23,29H,15-16,19-20H2,1-3H3;4-9,12-13,16-18,26H,10-11,14-15,19H2,1-3H3;1-8,11,14-15,19H,9-10,12-13H2. The van der Waals surface area contributed by atoms with Crippen LogP contribution in [-0.4, -0.2) is 130 Å². The molecule has 0 saturated carbocycles. The number of ether oxygens (including phenoxy) is 8. The van der Waals surface area contributed by atoms with Gasteiger partial charge in [0.05, 0.1) is 92.2 Å². The fourth-order valence-corrected chi connectivity index (χ4v) is 19.7. The van der Waals surface area contributed by atoms with Gasteiger partial charge in [0.15, 0.2) is 11.3 Å². The number of aromatic nitrogens is 7. The highest BCUT2D eigenvalue weighted by Crippen LogP contribution is 2.43. The number of rotatable bonds is 15. The molecule has 0 spiro atoms. The maximum absolute atomic E-state index is 14.4. The van der Waals surface area contributed by atoms with Crippen molar-refractivity contribution in [1.29, 1.82) is 15.8 Å². The van der Waals surface area contributed by atoms with Gasteiger partial charge in [-0.15, -0.1) is 0 Å². The van der Waals surface area contributed by atoms with Crippen molar-refractivity contribution >= 4 is 110 Å². The van der Waals surface area contributed by atoms with Gasteiger partial charge < -0.3 is 37.9 Å². The Morgan fingerprint density at radius 2 is 0.837 bits per heavy atom. The monoisotopic (exact) mass is 1790 g/mol. The number of halogens is 1. The number of hydrogen-bond acceptors (Lipinski definition) is 20. The Hall–Kier alpha value is -12.8. The summed E-state index contributed by atoms with van der Waals surface area (Å²) in [5.41, 5.74) is 12.4. The maximum atomic E-state index is 14.4. The van der Waals surface area contributed by atoms with Crippen LogP contribution in [0.1, 0.15) is 114 Å². The summed E-state index contributed by atoms with van der Waals surface area (Å²) >= 11 is 2.01. The lowest BCUT2D eigenvalue weighted by Crippen LogP contribution is -2.26. The summed E-state index contributed by atoms with van der Waals surface area (Å²) < 4.78 is 107. The largest absolute Gasteiger partial charge is 0.489 e. The second-order valence-electron chi connectivity index (χ2n) is 32.1. The molecule has 123 heavy (non-hydrogen) atoms. The van der Waals surface area contributed by atoms with Crippen LogP contribution in [0.4, 0.5) is 9.59 Å². The molecule has 0 radical (unpaired) electrons. The predicted octanol–water partition coefficient (Wildman–Crippen LogP) is 19.8. The van der Waals surface area contributed by atoms with Gasteiger partial charge in [0.25, 0.3) is 20.0 Å². The first-order valence-corrected chi connectivity index (χ1v) is 44.3. The molecule has 4 aliphatic rings. The Balaban J connectivity index is 0.000000139. The number of nitrogens with zero attached hydrogens (tertiary/aromatic N) is 10. The molecule has 1 aliphatic carbocycles. The summed E-state index contributed by atoms with van der Waals surface area (Å²) in [6.45, 7) is 14.9. The van der Waals surface area contributed by atoms with Crippen LogP contribution >= 0.6 is 22.6 Å². The van der Waals surface area contributed by atoms with E-state index in [-0.39, 0.29) is 33.8 Å². The molecule has 0 amide bonds. The van der Waals surface area contributed by atoms with E-state index in [9.17, 15) is 42.2 Å². The summed E-state index contributed by atoms with van der Waals surface area (Å²) in [5.74, 6) is 1.66. The van der Waals surface area contributed by atoms with Crippen LogP contribution in [0, 0.1) is 37.7 Å². The number of benzene rings is 7. The van der Waals surface area contributed by atoms with Gasteiger partial charge in [-0.3, -0.25) is 14.1 Å². The normalized spacial score (nSPS) is 14.7. The van der Waals surface area contributed by atoms with Gasteiger partial charge in [0, 0.05) is 109 Å². The molecule has 7 aromatic heterocycles. The predicted molar refractivity (Wildman–Crippen MR) is 476 cm³/mol.